The van der Waals surface area contributed by atoms with Crippen LogP contribution in [0, 0.1) is 0 Å². The molecule has 1 saturated heterocycles. The summed E-state index contributed by atoms with van der Waals surface area (Å²) in [5, 5.41) is 5.44. The Hall–Kier alpha value is -3.06. The van der Waals surface area contributed by atoms with Crippen LogP contribution in [0.2, 0.25) is 5.02 Å². The van der Waals surface area contributed by atoms with E-state index in [4.69, 9.17) is 21.1 Å². The lowest BCUT2D eigenvalue weighted by molar-refractivity contribution is -0.126. The summed E-state index contributed by atoms with van der Waals surface area (Å²) in [5.74, 6) is 0.590. The van der Waals surface area contributed by atoms with Crippen LogP contribution in [0.3, 0.4) is 0 Å². The average Bonchev–Trinajstić information content (AvgIpc) is 2.94. The lowest BCUT2D eigenvalue weighted by atomic mass is 9.82. The van der Waals surface area contributed by atoms with Gasteiger partial charge in [0, 0.05) is 22.6 Å². The molecule has 0 bridgehead atoms. The Balaban J connectivity index is 1.59. The van der Waals surface area contributed by atoms with E-state index in [0.717, 1.165) is 6.29 Å². The number of urea groups is 1. The molecule has 2 N–H and O–H groups in total. The Bertz CT molecular complexity index is 930. The first-order chi connectivity index (χ1) is 13.0. The fraction of sp³-hybridized carbons (Fsp3) is 0.211. The molecular formula is C19H15ClN2O5. The van der Waals surface area contributed by atoms with Crippen LogP contribution in [0.15, 0.2) is 42.5 Å². The largest absolute Gasteiger partial charge is 0.490 e. The van der Waals surface area contributed by atoms with Crippen molar-refractivity contribution in [1.82, 2.24) is 10.6 Å². The van der Waals surface area contributed by atoms with Crippen LogP contribution < -0.4 is 20.1 Å². The number of amides is 3. The van der Waals surface area contributed by atoms with Crippen molar-refractivity contribution in [1.29, 1.82) is 0 Å². The maximum atomic E-state index is 12.6. The highest BCUT2D eigenvalue weighted by Crippen LogP contribution is 2.42. The van der Waals surface area contributed by atoms with Crippen molar-refractivity contribution >= 4 is 29.8 Å². The summed E-state index contributed by atoms with van der Waals surface area (Å²) in [6, 6.07) is 11.0. The number of benzene rings is 2. The number of nitrogens with one attached hydrogen (secondary N) is 2. The van der Waals surface area contributed by atoms with Gasteiger partial charge in [-0.1, -0.05) is 11.6 Å². The SMILES string of the molecule is O=Cc1ccc(OCC2CC3(NC(=O)NC3=O)c3cc(Cl)ccc3O2)cc1. The van der Waals surface area contributed by atoms with Gasteiger partial charge >= 0.3 is 6.03 Å². The summed E-state index contributed by atoms with van der Waals surface area (Å²) < 4.78 is 11.7. The molecule has 4 rings (SSSR count). The number of carbonyl (C=O) groups is 3. The molecule has 0 radical (unpaired) electrons. The first-order valence-corrected chi connectivity index (χ1v) is 8.66. The second-order valence-electron chi connectivity index (χ2n) is 6.40. The second-order valence-corrected chi connectivity index (χ2v) is 6.83. The maximum absolute atomic E-state index is 12.6. The van der Waals surface area contributed by atoms with E-state index in [9.17, 15) is 14.4 Å². The molecule has 0 aromatic heterocycles. The van der Waals surface area contributed by atoms with Gasteiger partial charge in [0.2, 0.25) is 0 Å². The molecule has 2 aliphatic rings. The molecule has 27 heavy (non-hydrogen) atoms. The van der Waals surface area contributed by atoms with E-state index in [2.05, 4.69) is 10.6 Å². The molecule has 2 unspecified atom stereocenters. The zero-order chi connectivity index (χ0) is 19.0. The fourth-order valence-electron chi connectivity index (χ4n) is 3.36. The lowest BCUT2D eigenvalue weighted by Crippen LogP contribution is -2.51. The molecule has 8 heteroatoms. The number of carbonyl (C=O) groups excluding carboxylic acids is 3. The Labute approximate surface area is 159 Å². The van der Waals surface area contributed by atoms with Gasteiger partial charge in [0.1, 0.15) is 30.5 Å². The standard InChI is InChI=1S/C19H15ClN2O5/c20-12-3-6-16-15(7-12)19(17(24)21-18(25)22-19)8-14(27-16)10-26-13-4-1-11(9-23)2-5-13/h1-7,9,14H,8,10H2,(H2,21,22,24,25). The highest BCUT2D eigenvalue weighted by atomic mass is 35.5. The number of hydrogen-bond donors (Lipinski definition) is 2. The molecule has 2 aliphatic heterocycles. The van der Waals surface area contributed by atoms with Gasteiger partial charge < -0.3 is 14.8 Å². The summed E-state index contributed by atoms with van der Waals surface area (Å²) in [6.45, 7) is 0.160. The van der Waals surface area contributed by atoms with Gasteiger partial charge in [0.15, 0.2) is 5.54 Å². The van der Waals surface area contributed by atoms with E-state index in [0.29, 0.717) is 27.6 Å². The minimum atomic E-state index is -1.25. The number of imide groups is 1. The first kappa shape index (κ1) is 17.4. The average molecular weight is 387 g/mol. The van der Waals surface area contributed by atoms with Gasteiger partial charge in [-0.15, -0.1) is 0 Å². The quantitative estimate of drug-likeness (QED) is 0.621. The van der Waals surface area contributed by atoms with Crippen LogP contribution in [0.4, 0.5) is 4.79 Å². The highest BCUT2D eigenvalue weighted by molar-refractivity contribution is 6.30. The van der Waals surface area contributed by atoms with Crippen LogP contribution in [0.1, 0.15) is 22.3 Å². The predicted molar refractivity (Wildman–Crippen MR) is 96.2 cm³/mol. The predicted octanol–water partition coefficient (Wildman–Crippen LogP) is 2.42. The van der Waals surface area contributed by atoms with Gasteiger partial charge in [-0.05, 0) is 42.5 Å². The molecule has 3 amide bonds. The number of rotatable bonds is 4. The minimum Gasteiger partial charge on any atom is -0.490 e. The third kappa shape index (κ3) is 3.10. The van der Waals surface area contributed by atoms with Crippen molar-refractivity contribution in [2.24, 2.45) is 0 Å². The molecule has 0 saturated carbocycles. The van der Waals surface area contributed by atoms with Gasteiger partial charge in [-0.25, -0.2) is 4.79 Å². The van der Waals surface area contributed by atoms with Gasteiger partial charge in [0.25, 0.3) is 5.91 Å². The van der Waals surface area contributed by atoms with E-state index in [-0.39, 0.29) is 13.0 Å². The van der Waals surface area contributed by atoms with E-state index < -0.39 is 23.6 Å². The minimum absolute atomic E-state index is 0.160. The Morgan fingerprint density at radius 3 is 2.67 bits per heavy atom. The van der Waals surface area contributed by atoms with Gasteiger partial charge in [-0.2, -0.15) is 0 Å². The molecule has 0 aliphatic carbocycles. The third-order valence-electron chi connectivity index (χ3n) is 4.62. The summed E-state index contributed by atoms with van der Waals surface area (Å²) in [4.78, 5) is 35.1. The van der Waals surface area contributed by atoms with Crippen molar-refractivity contribution < 1.29 is 23.9 Å². The number of halogens is 1. The molecule has 7 nitrogen and oxygen atoms in total. The summed E-state index contributed by atoms with van der Waals surface area (Å²) in [7, 11) is 0. The van der Waals surface area contributed by atoms with Crippen molar-refractivity contribution in [2.75, 3.05) is 6.61 Å². The lowest BCUT2D eigenvalue weighted by Gasteiger charge is -2.37. The number of fused-ring (bicyclic) bond motifs is 2. The summed E-state index contributed by atoms with van der Waals surface area (Å²) in [6.07, 6.45) is 0.472. The molecular weight excluding hydrogens is 372 g/mol. The zero-order valence-electron chi connectivity index (χ0n) is 14.0. The van der Waals surface area contributed by atoms with Gasteiger partial charge in [-0.3, -0.25) is 14.9 Å². The topological polar surface area (TPSA) is 93.7 Å². The summed E-state index contributed by atoms with van der Waals surface area (Å²) in [5.41, 5.74) is -0.179. The van der Waals surface area contributed by atoms with E-state index in [1.165, 1.54) is 0 Å². The van der Waals surface area contributed by atoms with E-state index in [1.54, 1.807) is 42.5 Å². The Morgan fingerprint density at radius 1 is 1.22 bits per heavy atom. The molecule has 2 heterocycles. The summed E-state index contributed by atoms with van der Waals surface area (Å²) >= 11 is 6.08. The fourth-order valence-corrected chi connectivity index (χ4v) is 3.53. The van der Waals surface area contributed by atoms with Crippen LogP contribution in [0.5, 0.6) is 11.5 Å². The molecule has 1 fully saturated rings. The van der Waals surface area contributed by atoms with Crippen LogP contribution in [-0.2, 0) is 10.3 Å². The number of ether oxygens (including phenoxy) is 2. The van der Waals surface area contributed by atoms with Crippen molar-refractivity contribution in [2.45, 2.75) is 18.1 Å². The van der Waals surface area contributed by atoms with Crippen molar-refractivity contribution in [3.8, 4) is 11.5 Å². The Kier molecular flexibility index (Phi) is 4.24. The monoisotopic (exact) mass is 386 g/mol. The molecule has 2 aromatic carbocycles. The van der Waals surface area contributed by atoms with E-state index in [1.807, 2.05) is 0 Å². The second kappa shape index (κ2) is 6.59. The molecule has 2 aromatic rings. The normalized spacial score (nSPS) is 23.2. The number of aldehydes is 1. The maximum Gasteiger partial charge on any atom is 0.322 e. The van der Waals surface area contributed by atoms with Gasteiger partial charge in [0.05, 0.1) is 0 Å². The van der Waals surface area contributed by atoms with Crippen LogP contribution >= 0.6 is 11.6 Å². The van der Waals surface area contributed by atoms with Crippen LogP contribution in [-0.4, -0.2) is 30.9 Å². The van der Waals surface area contributed by atoms with Crippen LogP contribution in [0.25, 0.3) is 0 Å². The number of hydrogen-bond acceptors (Lipinski definition) is 5. The molecule has 138 valence electrons. The highest BCUT2D eigenvalue weighted by Gasteiger charge is 2.53. The van der Waals surface area contributed by atoms with Crippen molar-refractivity contribution in [3.63, 3.8) is 0 Å². The smallest absolute Gasteiger partial charge is 0.322 e. The zero-order valence-corrected chi connectivity index (χ0v) is 14.8. The van der Waals surface area contributed by atoms with Crippen molar-refractivity contribution in [3.05, 3.63) is 58.6 Å². The Morgan fingerprint density at radius 2 is 2.00 bits per heavy atom. The van der Waals surface area contributed by atoms with E-state index >= 15 is 0 Å². The molecule has 1 spiro atoms. The first-order valence-electron chi connectivity index (χ1n) is 8.28. The third-order valence-corrected chi connectivity index (χ3v) is 4.86. The molecule has 2 atom stereocenters.